The minimum atomic E-state index is 0.171. The second kappa shape index (κ2) is 7.92. The van der Waals surface area contributed by atoms with Gasteiger partial charge in [-0.3, -0.25) is 0 Å². The Morgan fingerprint density at radius 2 is 2.15 bits per heavy atom. The van der Waals surface area contributed by atoms with Crippen molar-refractivity contribution in [3.05, 3.63) is 42.5 Å². The van der Waals surface area contributed by atoms with Crippen molar-refractivity contribution in [2.45, 2.75) is 31.7 Å². The molecule has 7 heteroatoms. The molecule has 2 aromatic heterocycles. The van der Waals surface area contributed by atoms with Crippen LogP contribution in [0.5, 0.6) is 0 Å². The van der Waals surface area contributed by atoms with Crippen LogP contribution in [-0.4, -0.2) is 50.4 Å². The number of imidazole rings is 1. The van der Waals surface area contributed by atoms with Crippen molar-refractivity contribution >= 4 is 22.7 Å². The van der Waals surface area contributed by atoms with Crippen LogP contribution in [0.25, 0.3) is 11.0 Å². The summed E-state index contributed by atoms with van der Waals surface area (Å²) < 4.78 is 2.17. The molecule has 0 amide bonds. The predicted octanol–water partition coefficient (Wildman–Crippen LogP) is 2.37. The minimum Gasteiger partial charge on any atom is -0.394 e. The molecule has 0 radical (unpaired) electrons. The molecular weight excluding hydrogens is 340 g/mol. The molecule has 3 aromatic rings. The molecule has 0 spiro atoms. The Kier molecular flexibility index (Phi) is 5.20. The molecule has 142 valence electrons. The summed E-state index contributed by atoms with van der Waals surface area (Å²) in [5.41, 5.74) is 2.22. The number of rotatable bonds is 7. The largest absolute Gasteiger partial charge is 0.394 e. The Bertz CT molecular complexity index is 908. The van der Waals surface area contributed by atoms with Crippen LogP contribution in [0.15, 0.2) is 36.7 Å². The molecule has 2 N–H and O–H groups in total. The molecule has 1 aromatic carbocycles. The van der Waals surface area contributed by atoms with Gasteiger partial charge < -0.3 is 19.9 Å². The van der Waals surface area contributed by atoms with Gasteiger partial charge in [0.1, 0.15) is 23.8 Å². The standard InChI is InChI=1S/C20H26N6O/c1-25-17-8-3-2-7-16(17)24-19(25)9-4-10-21-18-12-20(23-14-22-18)26-11-5-6-15(26)13-27/h2-3,7-8,12,14-15,27H,4-6,9-11,13H2,1H3,(H,21,22,23). The Morgan fingerprint density at radius 3 is 3.00 bits per heavy atom. The van der Waals surface area contributed by atoms with E-state index >= 15 is 0 Å². The fourth-order valence-electron chi connectivity index (χ4n) is 3.81. The predicted molar refractivity (Wildman–Crippen MR) is 107 cm³/mol. The Balaban J connectivity index is 1.34. The number of aromatic nitrogens is 4. The van der Waals surface area contributed by atoms with Crippen LogP contribution in [0.3, 0.4) is 0 Å². The SMILES string of the molecule is Cn1c(CCCNc2cc(N3CCCC3CO)ncn2)nc2ccccc21. The fourth-order valence-corrected chi connectivity index (χ4v) is 3.81. The lowest BCUT2D eigenvalue weighted by Gasteiger charge is -2.24. The number of para-hydroxylation sites is 2. The highest BCUT2D eigenvalue weighted by molar-refractivity contribution is 5.75. The van der Waals surface area contributed by atoms with E-state index in [2.05, 4.69) is 43.9 Å². The molecule has 1 aliphatic rings. The molecule has 0 saturated carbocycles. The normalized spacial score (nSPS) is 17.0. The first-order chi connectivity index (χ1) is 13.3. The topological polar surface area (TPSA) is 79.1 Å². The van der Waals surface area contributed by atoms with Gasteiger partial charge in [-0.25, -0.2) is 15.0 Å². The molecule has 1 saturated heterocycles. The maximum Gasteiger partial charge on any atom is 0.134 e. The Morgan fingerprint density at radius 1 is 1.26 bits per heavy atom. The molecule has 0 aliphatic carbocycles. The summed E-state index contributed by atoms with van der Waals surface area (Å²) in [6, 6.07) is 10.4. The number of benzene rings is 1. The van der Waals surface area contributed by atoms with Crippen molar-refractivity contribution < 1.29 is 5.11 Å². The van der Waals surface area contributed by atoms with Crippen molar-refractivity contribution in [3.63, 3.8) is 0 Å². The van der Waals surface area contributed by atoms with E-state index in [1.165, 1.54) is 5.52 Å². The van der Waals surface area contributed by atoms with Gasteiger partial charge >= 0.3 is 0 Å². The van der Waals surface area contributed by atoms with Gasteiger partial charge in [0.25, 0.3) is 0 Å². The van der Waals surface area contributed by atoms with E-state index in [-0.39, 0.29) is 12.6 Å². The maximum atomic E-state index is 9.51. The third-order valence-corrected chi connectivity index (χ3v) is 5.30. The summed E-state index contributed by atoms with van der Waals surface area (Å²) >= 11 is 0. The zero-order valence-corrected chi connectivity index (χ0v) is 15.7. The summed E-state index contributed by atoms with van der Waals surface area (Å²) in [6.45, 7) is 1.93. The zero-order valence-electron chi connectivity index (χ0n) is 15.7. The van der Waals surface area contributed by atoms with Crippen LogP contribution < -0.4 is 10.2 Å². The summed E-state index contributed by atoms with van der Waals surface area (Å²) in [7, 11) is 2.07. The van der Waals surface area contributed by atoms with Crippen LogP contribution in [-0.2, 0) is 13.5 Å². The zero-order chi connectivity index (χ0) is 18.6. The molecule has 1 atom stereocenters. The molecule has 1 fully saturated rings. The molecular formula is C20H26N6O. The highest BCUT2D eigenvalue weighted by Crippen LogP contribution is 2.24. The van der Waals surface area contributed by atoms with Gasteiger partial charge in [0.05, 0.1) is 23.7 Å². The number of nitrogens with one attached hydrogen (secondary N) is 1. The molecule has 0 bridgehead atoms. The molecule has 27 heavy (non-hydrogen) atoms. The summed E-state index contributed by atoms with van der Waals surface area (Å²) in [5.74, 6) is 2.82. The number of nitrogens with zero attached hydrogens (tertiary/aromatic N) is 5. The van der Waals surface area contributed by atoms with Gasteiger partial charge in [-0.15, -0.1) is 0 Å². The number of hydrogen-bond donors (Lipinski definition) is 2. The second-order valence-electron chi connectivity index (χ2n) is 7.04. The average Bonchev–Trinajstić information content (AvgIpc) is 3.30. The molecule has 1 unspecified atom stereocenters. The van der Waals surface area contributed by atoms with E-state index < -0.39 is 0 Å². The van der Waals surface area contributed by atoms with Crippen molar-refractivity contribution in [2.75, 3.05) is 29.9 Å². The summed E-state index contributed by atoms with van der Waals surface area (Å²) in [4.78, 5) is 15.6. The lowest BCUT2D eigenvalue weighted by Crippen LogP contribution is -2.32. The Labute approximate surface area is 159 Å². The summed E-state index contributed by atoms with van der Waals surface area (Å²) in [6.07, 6.45) is 5.58. The Hall–Kier alpha value is -2.67. The first kappa shape index (κ1) is 17.7. The van der Waals surface area contributed by atoms with Crippen LogP contribution >= 0.6 is 0 Å². The number of aliphatic hydroxyl groups is 1. The number of anilines is 2. The molecule has 4 rings (SSSR count). The van der Waals surface area contributed by atoms with Crippen LogP contribution in [0.4, 0.5) is 11.6 Å². The summed E-state index contributed by atoms with van der Waals surface area (Å²) in [5, 5.41) is 12.9. The third kappa shape index (κ3) is 3.73. The lowest BCUT2D eigenvalue weighted by molar-refractivity contribution is 0.266. The van der Waals surface area contributed by atoms with E-state index in [0.29, 0.717) is 0 Å². The first-order valence-electron chi connectivity index (χ1n) is 9.60. The van der Waals surface area contributed by atoms with Gasteiger partial charge in [0.15, 0.2) is 0 Å². The van der Waals surface area contributed by atoms with Crippen LogP contribution in [0, 0.1) is 0 Å². The van der Waals surface area contributed by atoms with Crippen molar-refractivity contribution in [2.24, 2.45) is 7.05 Å². The molecule has 7 nitrogen and oxygen atoms in total. The van der Waals surface area contributed by atoms with Gasteiger partial charge in [-0.2, -0.15) is 0 Å². The molecule has 3 heterocycles. The van der Waals surface area contributed by atoms with E-state index in [1.54, 1.807) is 6.33 Å². The van der Waals surface area contributed by atoms with E-state index in [0.717, 1.165) is 61.7 Å². The highest BCUT2D eigenvalue weighted by atomic mass is 16.3. The van der Waals surface area contributed by atoms with Gasteiger partial charge in [-0.1, -0.05) is 12.1 Å². The number of hydrogen-bond acceptors (Lipinski definition) is 6. The third-order valence-electron chi connectivity index (χ3n) is 5.30. The number of aliphatic hydroxyl groups excluding tert-OH is 1. The fraction of sp³-hybridized carbons (Fsp3) is 0.450. The second-order valence-corrected chi connectivity index (χ2v) is 7.04. The number of fused-ring (bicyclic) bond motifs is 1. The monoisotopic (exact) mass is 366 g/mol. The smallest absolute Gasteiger partial charge is 0.134 e. The highest BCUT2D eigenvalue weighted by Gasteiger charge is 2.25. The first-order valence-corrected chi connectivity index (χ1v) is 9.60. The van der Waals surface area contributed by atoms with E-state index in [9.17, 15) is 5.11 Å². The van der Waals surface area contributed by atoms with E-state index in [4.69, 9.17) is 4.98 Å². The van der Waals surface area contributed by atoms with Crippen molar-refractivity contribution in [1.82, 2.24) is 19.5 Å². The van der Waals surface area contributed by atoms with Crippen LogP contribution in [0.1, 0.15) is 25.1 Å². The van der Waals surface area contributed by atoms with E-state index in [1.807, 2.05) is 18.2 Å². The van der Waals surface area contributed by atoms with Crippen molar-refractivity contribution in [1.29, 1.82) is 0 Å². The van der Waals surface area contributed by atoms with Gasteiger partial charge in [0, 0.05) is 32.6 Å². The van der Waals surface area contributed by atoms with Crippen molar-refractivity contribution in [3.8, 4) is 0 Å². The molecule has 1 aliphatic heterocycles. The van der Waals surface area contributed by atoms with Gasteiger partial charge in [-0.05, 0) is 31.4 Å². The number of aryl methyl sites for hydroxylation is 2. The lowest BCUT2D eigenvalue weighted by atomic mass is 10.2. The van der Waals surface area contributed by atoms with Crippen LogP contribution in [0.2, 0.25) is 0 Å². The van der Waals surface area contributed by atoms with Gasteiger partial charge in [0.2, 0.25) is 0 Å². The minimum absolute atomic E-state index is 0.171. The average molecular weight is 366 g/mol. The quantitative estimate of drug-likeness (QED) is 0.625. The maximum absolute atomic E-state index is 9.51.